The average molecular weight is 585 g/mol. The summed E-state index contributed by atoms with van der Waals surface area (Å²) in [6, 6.07) is 20.4. The Morgan fingerprint density at radius 1 is 0.974 bits per heavy atom. The Bertz CT molecular complexity index is 1220. The summed E-state index contributed by atoms with van der Waals surface area (Å²) in [5, 5.41) is 2.13. The summed E-state index contributed by atoms with van der Waals surface area (Å²) in [4.78, 5) is 12.3. The van der Waals surface area contributed by atoms with Gasteiger partial charge in [0.2, 0.25) is 0 Å². The molecular formula is C28H35F3O6SSi. The van der Waals surface area contributed by atoms with Crippen molar-refractivity contribution in [2.24, 2.45) is 5.92 Å². The van der Waals surface area contributed by atoms with Crippen molar-refractivity contribution in [3.8, 4) is 0 Å². The van der Waals surface area contributed by atoms with Gasteiger partial charge < -0.3 is 13.3 Å². The minimum atomic E-state index is -5.87. The minimum absolute atomic E-state index is 0.0641. The van der Waals surface area contributed by atoms with Crippen molar-refractivity contribution in [3.05, 3.63) is 72.0 Å². The zero-order chi connectivity index (χ0) is 28.9. The fraction of sp³-hybridized carbons (Fsp3) is 0.464. The van der Waals surface area contributed by atoms with Gasteiger partial charge in [0, 0.05) is 13.0 Å². The molecule has 0 fully saturated rings. The van der Waals surface area contributed by atoms with Crippen molar-refractivity contribution in [2.75, 3.05) is 13.7 Å². The highest BCUT2D eigenvalue weighted by Gasteiger charge is 2.51. The van der Waals surface area contributed by atoms with E-state index in [4.69, 9.17) is 9.16 Å². The molecule has 0 saturated heterocycles. The Labute approximate surface area is 229 Å². The maximum Gasteiger partial charge on any atom is 0.534 e. The number of carbonyl (C=O) groups excluding carboxylic acids is 1. The van der Waals surface area contributed by atoms with Gasteiger partial charge in [-0.3, -0.25) is 0 Å². The maximum absolute atomic E-state index is 12.8. The van der Waals surface area contributed by atoms with Crippen LogP contribution in [0, 0.1) is 5.92 Å². The molecule has 39 heavy (non-hydrogen) atoms. The van der Waals surface area contributed by atoms with Gasteiger partial charge in [-0.1, -0.05) is 81.4 Å². The molecule has 2 aromatic rings. The molecule has 0 radical (unpaired) electrons. The van der Waals surface area contributed by atoms with Crippen molar-refractivity contribution in [1.29, 1.82) is 0 Å². The van der Waals surface area contributed by atoms with Crippen LogP contribution in [-0.2, 0) is 28.3 Å². The highest BCUT2D eigenvalue weighted by atomic mass is 32.2. The predicted molar refractivity (Wildman–Crippen MR) is 145 cm³/mol. The van der Waals surface area contributed by atoms with E-state index in [1.54, 1.807) is 0 Å². The largest absolute Gasteiger partial charge is 0.534 e. The number of hydrogen-bond acceptors (Lipinski definition) is 6. The number of halogens is 3. The Balaban J connectivity index is 1.77. The molecule has 1 unspecified atom stereocenters. The molecule has 0 N–H and O–H groups in total. The lowest BCUT2D eigenvalue weighted by molar-refractivity contribution is -0.136. The number of ether oxygens (including phenoxy) is 1. The van der Waals surface area contributed by atoms with E-state index in [2.05, 4.69) is 49.2 Å². The van der Waals surface area contributed by atoms with Crippen LogP contribution in [0.1, 0.15) is 52.9 Å². The van der Waals surface area contributed by atoms with E-state index in [1.165, 1.54) is 0 Å². The summed E-state index contributed by atoms with van der Waals surface area (Å²) in [7, 11) is -7.49. The van der Waals surface area contributed by atoms with Crippen molar-refractivity contribution in [1.82, 2.24) is 0 Å². The molecule has 0 spiro atoms. The van der Waals surface area contributed by atoms with Crippen LogP contribution < -0.4 is 10.4 Å². The summed E-state index contributed by atoms with van der Waals surface area (Å²) in [6.07, 6.45) is 1.62. The maximum atomic E-state index is 12.8. The molecular weight excluding hydrogens is 549 g/mol. The van der Waals surface area contributed by atoms with E-state index in [9.17, 15) is 26.4 Å². The quantitative estimate of drug-likeness (QED) is 0.122. The van der Waals surface area contributed by atoms with Crippen LogP contribution in [0.4, 0.5) is 13.2 Å². The molecule has 3 rings (SSSR count). The molecule has 1 aliphatic rings. The molecule has 0 bridgehead atoms. The molecule has 0 saturated carbocycles. The zero-order valence-corrected chi connectivity index (χ0v) is 24.4. The summed E-state index contributed by atoms with van der Waals surface area (Å²) in [5.41, 5.74) is -5.76. The molecule has 6 nitrogen and oxygen atoms in total. The third kappa shape index (κ3) is 6.93. The minimum Gasteiger partial charge on any atom is -0.466 e. The van der Waals surface area contributed by atoms with Crippen LogP contribution in [0.2, 0.25) is 5.04 Å². The Morgan fingerprint density at radius 2 is 1.51 bits per heavy atom. The number of allylic oxidation sites excluding steroid dienone is 1. The van der Waals surface area contributed by atoms with Crippen molar-refractivity contribution in [2.45, 2.75) is 63.4 Å². The van der Waals surface area contributed by atoms with E-state index >= 15 is 0 Å². The lowest BCUT2D eigenvalue weighted by atomic mass is 9.85. The molecule has 0 aliphatic heterocycles. The Morgan fingerprint density at radius 3 is 1.97 bits per heavy atom. The molecule has 1 atom stereocenters. The highest BCUT2D eigenvalue weighted by Crippen LogP contribution is 2.39. The van der Waals surface area contributed by atoms with Gasteiger partial charge in [0.05, 0.1) is 12.7 Å². The molecule has 2 aromatic carbocycles. The van der Waals surface area contributed by atoms with Gasteiger partial charge in [-0.25, -0.2) is 4.79 Å². The number of carbonyl (C=O) groups is 1. The summed E-state index contributed by atoms with van der Waals surface area (Å²) in [5.74, 6) is -1.46. The molecule has 0 amide bonds. The second-order valence-electron chi connectivity index (χ2n) is 10.6. The summed E-state index contributed by atoms with van der Waals surface area (Å²) >= 11 is 0. The zero-order valence-electron chi connectivity index (χ0n) is 22.6. The number of esters is 1. The lowest BCUT2D eigenvalue weighted by Crippen LogP contribution is -2.66. The van der Waals surface area contributed by atoms with E-state index in [0.29, 0.717) is 25.9 Å². The number of rotatable bonds is 10. The monoisotopic (exact) mass is 584 g/mol. The van der Waals surface area contributed by atoms with Crippen LogP contribution >= 0.6 is 0 Å². The first-order valence-electron chi connectivity index (χ1n) is 12.8. The SMILES string of the molecule is COC(=O)C1=C(OS(=O)(=O)C(F)(F)F)CCC(CCCO[Si](c2ccccc2)(c2ccccc2)C(C)(C)C)C1. The first-order chi connectivity index (χ1) is 18.2. The van der Waals surface area contributed by atoms with Crippen molar-refractivity contribution in [3.63, 3.8) is 0 Å². The van der Waals surface area contributed by atoms with Crippen LogP contribution in [-0.4, -0.2) is 41.9 Å². The standard InChI is InChI=1S/C28H35F3O6SSi/c1-27(2,3)39(22-13-7-5-8-14-22,23-15-9-6-10-16-23)36-19-11-12-21-17-18-25(24(20-21)26(32)35-4)37-38(33,34)28(29,30)31/h5-10,13-16,21H,11-12,17-20H2,1-4H3. The van der Waals surface area contributed by atoms with Crippen molar-refractivity contribution < 1.29 is 39.7 Å². The van der Waals surface area contributed by atoms with E-state index < -0.39 is 35.7 Å². The second-order valence-corrected chi connectivity index (χ2v) is 16.5. The van der Waals surface area contributed by atoms with Gasteiger partial charge in [-0.05, 0) is 47.0 Å². The van der Waals surface area contributed by atoms with Gasteiger partial charge in [-0.2, -0.15) is 21.6 Å². The highest BCUT2D eigenvalue weighted by molar-refractivity contribution is 7.87. The van der Waals surface area contributed by atoms with Gasteiger partial charge in [0.25, 0.3) is 8.32 Å². The number of hydrogen-bond donors (Lipinski definition) is 0. The topological polar surface area (TPSA) is 78.9 Å². The first kappa shape index (κ1) is 30.9. The van der Waals surface area contributed by atoms with E-state index in [-0.39, 0.29) is 29.4 Å². The molecule has 0 aromatic heterocycles. The number of benzene rings is 2. The van der Waals surface area contributed by atoms with E-state index in [1.807, 2.05) is 36.4 Å². The third-order valence-electron chi connectivity index (χ3n) is 7.03. The first-order valence-corrected chi connectivity index (χ1v) is 16.1. The normalized spacial score (nSPS) is 17.2. The second kappa shape index (κ2) is 12.3. The van der Waals surface area contributed by atoms with Crippen LogP contribution in [0.25, 0.3) is 0 Å². The third-order valence-corrected chi connectivity index (χ3v) is 13.1. The average Bonchev–Trinajstić information content (AvgIpc) is 2.88. The predicted octanol–water partition coefficient (Wildman–Crippen LogP) is 5.44. The molecule has 11 heteroatoms. The van der Waals surface area contributed by atoms with E-state index in [0.717, 1.165) is 17.5 Å². The van der Waals surface area contributed by atoms with Gasteiger partial charge in [-0.15, -0.1) is 0 Å². The summed E-state index contributed by atoms with van der Waals surface area (Å²) < 4.78 is 77.5. The smallest absolute Gasteiger partial charge is 0.466 e. The number of methoxy groups -OCH3 is 1. The molecule has 1 aliphatic carbocycles. The molecule has 0 heterocycles. The van der Waals surface area contributed by atoms with Crippen LogP contribution in [0.15, 0.2) is 72.0 Å². The molecule has 214 valence electrons. The van der Waals surface area contributed by atoms with Gasteiger partial charge >= 0.3 is 21.6 Å². The van der Waals surface area contributed by atoms with Gasteiger partial charge in [0.15, 0.2) is 0 Å². The van der Waals surface area contributed by atoms with Crippen molar-refractivity contribution >= 4 is 34.8 Å². The van der Waals surface area contributed by atoms with Gasteiger partial charge in [0.1, 0.15) is 5.76 Å². The Kier molecular flexibility index (Phi) is 9.72. The fourth-order valence-corrected chi connectivity index (χ4v) is 10.3. The van der Waals surface area contributed by atoms with Crippen LogP contribution in [0.5, 0.6) is 0 Å². The Hall–Kier alpha value is -2.63. The van der Waals surface area contributed by atoms with Crippen LogP contribution in [0.3, 0.4) is 0 Å². The lowest BCUT2D eigenvalue weighted by Gasteiger charge is -2.43. The number of alkyl halides is 3. The fourth-order valence-electron chi connectivity index (χ4n) is 5.19. The summed E-state index contributed by atoms with van der Waals surface area (Å²) in [6.45, 7) is 7.01.